The fourth-order valence-corrected chi connectivity index (χ4v) is 2.08. The van der Waals surface area contributed by atoms with E-state index in [0.29, 0.717) is 32.7 Å². The molecule has 1 aliphatic heterocycles. The molecule has 2 amide bonds. The Bertz CT molecular complexity index is 296. The van der Waals surface area contributed by atoms with Gasteiger partial charge in [0.05, 0.1) is 12.5 Å². The molecular weight excluding hydrogens is 236 g/mol. The number of rotatable bonds is 5. The highest BCUT2D eigenvalue weighted by molar-refractivity contribution is 5.76. The zero-order valence-corrected chi connectivity index (χ0v) is 11.0. The second-order valence-corrected chi connectivity index (χ2v) is 4.87. The van der Waals surface area contributed by atoms with E-state index in [9.17, 15) is 9.59 Å². The lowest BCUT2D eigenvalue weighted by molar-refractivity contribution is -0.143. The Balaban J connectivity index is 2.34. The molecule has 1 fully saturated rings. The molecule has 2 unspecified atom stereocenters. The number of hydrogen-bond donors (Lipinski definition) is 2. The zero-order valence-electron chi connectivity index (χ0n) is 11.0. The van der Waals surface area contributed by atoms with Crippen molar-refractivity contribution < 1.29 is 19.4 Å². The van der Waals surface area contributed by atoms with Crippen LogP contribution < -0.4 is 5.32 Å². The van der Waals surface area contributed by atoms with Crippen LogP contribution in [0.25, 0.3) is 0 Å². The maximum Gasteiger partial charge on any atom is 0.317 e. The van der Waals surface area contributed by atoms with Gasteiger partial charge in [-0.05, 0) is 18.8 Å². The van der Waals surface area contributed by atoms with Crippen molar-refractivity contribution in [2.75, 3.05) is 33.4 Å². The van der Waals surface area contributed by atoms with Gasteiger partial charge in [0.25, 0.3) is 0 Å². The average Bonchev–Trinajstić information content (AvgIpc) is 2.36. The van der Waals surface area contributed by atoms with Crippen LogP contribution in [0.2, 0.25) is 0 Å². The van der Waals surface area contributed by atoms with Crippen LogP contribution >= 0.6 is 0 Å². The lowest BCUT2D eigenvalue weighted by atomic mass is 9.99. The van der Waals surface area contributed by atoms with E-state index in [0.717, 1.165) is 6.42 Å². The summed E-state index contributed by atoms with van der Waals surface area (Å²) in [6.07, 6.45) is 1.40. The van der Waals surface area contributed by atoms with Gasteiger partial charge in [0.2, 0.25) is 0 Å². The highest BCUT2D eigenvalue weighted by atomic mass is 16.5. The molecular formula is C12H22N2O4. The molecule has 0 aromatic rings. The van der Waals surface area contributed by atoms with Crippen LogP contribution in [0.4, 0.5) is 4.79 Å². The number of amides is 2. The molecule has 1 rings (SSSR count). The predicted octanol–water partition coefficient (Wildman–Crippen LogP) is 0.775. The minimum absolute atomic E-state index is 0.177. The van der Waals surface area contributed by atoms with E-state index < -0.39 is 11.9 Å². The van der Waals surface area contributed by atoms with Gasteiger partial charge in [-0.2, -0.15) is 0 Å². The van der Waals surface area contributed by atoms with E-state index in [2.05, 4.69) is 5.32 Å². The molecule has 0 aliphatic carbocycles. The summed E-state index contributed by atoms with van der Waals surface area (Å²) in [7, 11) is 1.63. The van der Waals surface area contributed by atoms with E-state index in [4.69, 9.17) is 9.84 Å². The summed E-state index contributed by atoms with van der Waals surface area (Å²) in [5.41, 5.74) is 0. The molecule has 0 bridgehead atoms. The SMILES string of the molecule is COCC(C)CNC(=O)N1CCCC(C(=O)O)C1. The Labute approximate surface area is 107 Å². The number of carbonyl (C=O) groups is 2. The van der Waals surface area contributed by atoms with Crippen molar-refractivity contribution >= 4 is 12.0 Å². The highest BCUT2D eigenvalue weighted by Crippen LogP contribution is 2.16. The van der Waals surface area contributed by atoms with Crippen molar-refractivity contribution in [2.45, 2.75) is 19.8 Å². The molecule has 0 saturated carbocycles. The molecule has 1 aliphatic rings. The topological polar surface area (TPSA) is 78.9 Å². The normalized spacial score (nSPS) is 21.4. The molecule has 104 valence electrons. The van der Waals surface area contributed by atoms with E-state index in [1.54, 1.807) is 12.0 Å². The second-order valence-electron chi connectivity index (χ2n) is 4.87. The molecule has 6 nitrogen and oxygen atoms in total. The van der Waals surface area contributed by atoms with Crippen LogP contribution in [-0.2, 0) is 9.53 Å². The van der Waals surface area contributed by atoms with Gasteiger partial charge in [-0.25, -0.2) is 4.79 Å². The van der Waals surface area contributed by atoms with Gasteiger partial charge in [-0.1, -0.05) is 6.92 Å². The van der Waals surface area contributed by atoms with E-state index >= 15 is 0 Å². The summed E-state index contributed by atoms with van der Waals surface area (Å²) in [5.74, 6) is -1.000. The van der Waals surface area contributed by atoms with Crippen LogP contribution in [0.3, 0.4) is 0 Å². The number of hydrogen-bond acceptors (Lipinski definition) is 3. The molecule has 6 heteroatoms. The minimum atomic E-state index is -0.819. The fraction of sp³-hybridized carbons (Fsp3) is 0.833. The molecule has 0 spiro atoms. The molecule has 2 N–H and O–H groups in total. The van der Waals surface area contributed by atoms with Gasteiger partial charge in [-0.15, -0.1) is 0 Å². The Hall–Kier alpha value is -1.30. The van der Waals surface area contributed by atoms with Crippen LogP contribution in [0.5, 0.6) is 0 Å². The van der Waals surface area contributed by atoms with Crippen LogP contribution in [0.1, 0.15) is 19.8 Å². The average molecular weight is 258 g/mol. The number of carbonyl (C=O) groups excluding carboxylic acids is 1. The number of piperidine rings is 1. The second kappa shape index (κ2) is 7.20. The monoisotopic (exact) mass is 258 g/mol. The van der Waals surface area contributed by atoms with Gasteiger partial charge in [0, 0.05) is 26.7 Å². The first-order valence-electron chi connectivity index (χ1n) is 6.29. The molecule has 1 saturated heterocycles. The number of likely N-dealkylation sites (tertiary alicyclic amines) is 1. The number of nitrogens with one attached hydrogen (secondary N) is 1. The predicted molar refractivity (Wildman–Crippen MR) is 66.4 cm³/mol. The smallest absolute Gasteiger partial charge is 0.317 e. The fourth-order valence-electron chi connectivity index (χ4n) is 2.08. The number of ether oxygens (including phenoxy) is 1. The molecule has 2 atom stereocenters. The molecule has 0 radical (unpaired) electrons. The summed E-state index contributed by atoms with van der Waals surface area (Å²) in [5, 5.41) is 11.8. The summed E-state index contributed by atoms with van der Waals surface area (Å²) in [4.78, 5) is 24.3. The minimum Gasteiger partial charge on any atom is -0.481 e. The quantitative estimate of drug-likeness (QED) is 0.763. The third-order valence-electron chi connectivity index (χ3n) is 3.11. The molecule has 1 heterocycles. The first-order chi connectivity index (χ1) is 8.54. The van der Waals surface area contributed by atoms with Gasteiger partial charge < -0.3 is 20.1 Å². The maximum atomic E-state index is 11.9. The number of urea groups is 1. The molecule has 0 aromatic heterocycles. The van der Waals surface area contributed by atoms with Crippen LogP contribution in [0.15, 0.2) is 0 Å². The number of carboxylic acids is 1. The van der Waals surface area contributed by atoms with Gasteiger partial charge in [-0.3, -0.25) is 4.79 Å². The van der Waals surface area contributed by atoms with Gasteiger partial charge in [0.15, 0.2) is 0 Å². The summed E-state index contributed by atoms with van der Waals surface area (Å²) in [6.45, 7) is 4.06. The Morgan fingerprint density at radius 2 is 2.28 bits per heavy atom. The number of carboxylic acid groups (broad SMARTS) is 1. The first-order valence-corrected chi connectivity index (χ1v) is 6.29. The van der Waals surface area contributed by atoms with Crippen molar-refractivity contribution in [3.8, 4) is 0 Å². The Morgan fingerprint density at radius 3 is 2.89 bits per heavy atom. The van der Waals surface area contributed by atoms with Gasteiger partial charge >= 0.3 is 12.0 Å². The first kappa shape index (κ1) is 14.8. The van der Waals surface area contributed by atoms with E-state index in [1.807, 2.05) is 6.92 Å². The largest absolute Gasteiger partial charge is 0.481 e. The number of nitrogens with zero attached hydrogens (tertiary/aromatic N) is 1. The lowest BCUT2D eigenvalue weighted by Gasteiger charge is -2.31. The Kier molecular flexibility index (Phi) is 5.91. The van der Waals surface area contributed by atoms with Crippen molar-refractivity contribution in [1.29, 1.82) is 0 Å². The van der Waals surface area contributed by atoms with Crippen LogP contribution in [0, 0.1) is 11.8 Å². The number of aliphatic carboxylic acids is 1. The van der Waals surface area contributed by atoms with Gasteiger partial charge in [0.1, 0.15) is 0 Å². The van der Waals surface area contributed by atoms with E-state index in [1.165, 1.54) is 0 Å². The van der Waals surface area contributed by atoms with Crippen molar-refractivity contribution in [2.24, 2.45) is 11.8 Å². The standard InChI is InChI=1S/C12H22N2O4/c1-9(8-18-2)6-13-12(17)14-5-3-4-10(7-14)11(15)16/h9-10H,3-8H2,1-2H3,(H,13,17)(H,15,16). The molecule has 0 aromatic carbocycles. The Morgan fingerprint density at radius 1 is 1.56 bits per heavy atom. The third-order valence-corrected chi connectivity index (χ3v) is 3.11. The maximum absolute atomic E-state index is 11.9. The van der Waals surface area contributed by atoms with Crippen molar-refractivity contribution in [1.82, 2.24) is 10.2 Å². The van der Waals surface area contributed by atoms with E-state index in [-0.39, 0.29) is 11.9 Å². The summed E-state index contributed by atoms with van der Waals surface area (Å²) < 4.78 is 4.99. The zero-order chi connectivity index (χ0) is 13.5. The van der Waals surface area contributed by atoms with Crippen molar-refractivity contribution in [3.05, 3.63) is 0 Å². The summed E-state index contributed by atoms with van der Waals surface area (Å²) >= 11 is 0. The highest BCUT2D eigenvalue weighted by Gasteiger charge is 2.27. The molecule has 18 heavy (non-hydrogen) atoms. The third kappa shape index (κ3) is 4.52. The van der Waals surface area contributed by atoms with Crippen molar-refractivity contribution in [3.63, 3.8) is 0 Å². The van der Waals surface area contributed by atoms with Crippen LogP contribution in [-0.4, -0.2) is 55.4 Å². The lowest BCUT2D eigenvalue weighted by Crippen LogP contribution is -2.48. The number of methoxy groups -OCH3 is 1. The summed E-state index contributed by atoms with van der Waals surface area (Å²) in [6, 6.07) is -0.177.